The van der Waals surface area contributed by atoms with E-state index < -0.39 is 0 Å². The van der Waals surface area contributed by atoms with Crippen LogP contribution in [0, 0.1) is 0 Å². The highest BCUT2D eigenvalue weighted by Crippen LogP contribution is 2.03. The number of anilines is 2. The van der Waals surface area contributed by atoms with Gasteiger partial charge in [-0.05, 0) is 0 Å². The minimum atomic E-state index is 0.373. The number of rotatable bonds is 2. The number of hydrogen-bond donors (Lipinski definition) is 2. The summed E-state index contributed by atoms with van der Waals surface area (Å²) in [5.74, 6) is 11.6. The minimum absolute atomic E-state index is 0.373. The van der Waals surface area contributed by atoms with Crippen molar-refractivity contribution in [3.05, 3.63) is 6.33 Å². The van der Waals surface area contributed by atoms with Crippen LogP contribution in [0.2, 0.25) is 0 Å². The maximum Gasteiger partial charge on any atom is 0.244 e. The highest BCUT2D eigenvalue weighted by Gasteiger charge is 2.03. The standard InChI is InChI=1S/C5H11N7/c1-11(6)4-8-3-9-5(10-4)12(2)7/h3H,6-7H2,1-2H3. The minimum Gasteiger partial charge on any atom is -0.282 e. The van der Waals surface area contributed by atoms with Crippen LogP contribution in [0.25, 0.3) is 0 Å². The lowest BCUT2D eigenvalue weighted by Gasteiger charge is -2.12. The van der Waals surface area contributed by atoms with Crippen LogP contribution >= 0.6 is 0 Å². The first-order chi connectivity index (χ1) is 5.61. The molecule has 0 atom stereocenters. The van der Waals surface area contributed by atoms with Crippen LogP contribution in [0.15, 0.2) is 6.33 Å². The van der Waals surface area contributed by atoms with E-state index in [2.05, 4.69) is 15.0 Å². The van der Waals surface area contributed by atoms with E-state index in [0.29, 0.717) is 11.9 Å². The van der Waals surface area contributed by atoms with Crippen LogP contribution in [0.1, 0.15) is 0 Å². The first-order valence-corrected chi connectivity index (χ1v) is 3.27. The smallest absolute Gasteiger partial charge is 0.244 e. The lowest BCUT2D eigenvalue weighted by atomic mass is 10.8. The summed E-state index contributed by atoms with van der Waals surface area (Å²) in [5, 5.41) is 2.57. The Labute approximate surface area is 70.0 Å². The second-order valence-corrected chi connectivity index (χ2v) is 2.31. The molecule has 7 nitrogen and oxygen atoms in total. The molecule has 0 aliphatic heterocycles. The van der Waals surface area contributed by atoms with Gasteiger partial charge in [-0.15, -0.1) is 0 Å². The molecular weight excluding hydrogens is 158 g/mol. The number of hydrogen-bond acceptors (Lipinski definition) is 7. The van der Waals surface area contributed by atoms with E-state index in [-0.39, 0.29) is 0 Å². The third-order valence-electron chi connectivity index (χ3n) is 1.18. The molecule has 0 aliphatic carbocycles. The molecule has 1 aromatic heterocycles. The molecule has 0 unspecified atom stereocenters. The molecule has 1 heterocycles. The van der Waals surface area contributed by atoms with Gasteiger partial charge in [0.1, 0.15) is 6.33 Å². The van der Waals surface area contributed by atoms with Crippen molar-refractivity contribution in [2.24, 2.45) is 11.7 Å². The molecule has 1 rings (SSSR count). The van der Waals surface area contributed by atoms with Gasteiger partial charge in [-0.2, -0.15) is 15.0 Å². The van der Waals surface area contributed by atoms with Gasteiger partial charge in [-0.25, -0.2) is 11.7 Å². The Morgan fingerprint density at radius 1 is 1.08 bits per heavy atom. The highest BCUT2D eigenvalue weighted by molar-refractivity contribution is 5.33. The van der Waals surface area contributed by atoms with Crippen molar-refractivity contribution in [3.8, 4) is 0 Å². The van der Waals surface area contributed by atoms with Crippen LogP contribution < -0.4 is 21.7 Å². The van der Waals surface area contributed by atoms with Gasteiger partial charge in [-0.3, -0.25) is 10.0 Å². The fourth-order valence-electron chi connectivity index (χ4n) is 0.619. The fraction of sp³-hybridized carbons (Fsp3) is 0.400. The lowest BCUT2D eigenvalue weighted by Crippen LogP contribution is -2.31. The van der Waals surface area contributed by atoms with Crippen molar-refractivity contribution in [1.82, 2.24) is 15.0 Å². The van der Waals surface area contributed by atoms with Gasteiger partial charge in [0.2, 0.25) is 11.9 Å². The van der Waals surface area contributed by atoms with E-state index in [1.807, 2.05) is 0 Å². The molecule has 0 saturated carbocycles. The second-order valence-electron chi connectivity index (χ2n) is 2.31. The normalized spacial score (nSPS) is 9.67. The zero-order chi connectivity index (χ0) is 9.14. The van der Waals surface area contributed by atoms with Crippen molar-refractivity contribution in [3.63, 3.8) is 0 Å². The van der Waals surface area contributed by atoms with Crippen LogP contribution in [-0.4, -0.2) is 29.0 Å². The quantitative estimate of drug-likeness (QED) is 0.410. The van der Waals surface area contributed by atoms with E-state index >= 15 is 0 Å². The molecule has 12 heavy (non-hydrogen) atoms. The molecule has 0 bridgehead atoms. The maximum atomic E-state index is 5.40. The van der Waals surface area contributed by atoms with Crippen LogP contribution in [-0.2, 0) is 0 Å². The molecule has 66 valence electrons. The van der Waals surface area contributed by atoms with Crippen molar-refractivity contribution in [1.29, 1.82) is 0 Å². The molecule has 1 aromatic rings. The summed E-state index contributed by atoms with van der Waals surface area (Å²) in [6.07, 6.45) is 1.35. The summed E-state index contributed by atoms with van der Waals surface area (Å²) >= 11 is 0. The van der Waals surface area contributed by atoms with Gasteiger partial charge in [-0.1, -0.05) is 0 Å². The van der Waals surface area contributed by atoms with Gasteiger partial charge < -0.3 is 0 Å². The Bertz CT molecular complexity index is 234. The molecule has 0 spiro atoms. The van der Waals surface area contributed by atoms with E-state index in [0.717, 1.165) is 0 Å². The van der Waals surface area contributed by atoms with Crippen LogP contribution in [0.5, 0.6) is 0 Å². The molecule has 0 amide bonds. The summed E-state index contributed by atoms with van der Waals surface area (Å²) in [5.41, 5.74) is 0. The highest BCUT2D eigenvalue weighted by atomic mass is 15.5. The predicted octanol–water partition coefficient (Wildman–Crippen LogP) is -1.51. The van der Waals surface area contributed by atoms with Gasteiger partial charge in [0.05, 0.1) is 0 Å². The average Bonchev–Trinajstić information content (AvgIpc) is 2.04. The first-order valence-electron chi connectivity index (χ1n) is 3.27. The Hall–Kier alpha value is -1.47. The van der Waals surface area contributed by atoms with Gasteiger partial charge in [0, 0.05) is 14.1 Å². The Morgan fingerprint density at radius 2 is 1.50 bits per heavy atom. The van der Waals surface area contributed by atoms with Crippen molar-refractivity contribution < 1.29 is 0 Å². The summed E-state index contributed by atoms with van der Waals surface area (Å²) in [7, 11) is 3.27. The molecule has 0 aromatic carbocycles. The third kappa shape index (κ3) is 1.77. The maximum absolute atomic E-state index is 5.40. The van der Waals surface area contributed by atoms with Crippen molar-refractivity contribution >= 4 is 11.9 Å². The van der Waals surface area contributed by atoms with Crippen LogP contribution in [0.4, 0.5) is 11.9 Å². The largest absolute Gasteiger partial charge is 0.282 e. The SMILES string of the molecule is CN(N)c1ncnc(N(C)N)n1. The zero-order valence-corrected chi connectivity index (χ0v) is 6.97. The summed E-state index contributed by atoms with van der Waals surface area (Å²) < 4.78 is 0. The summed E-state index contributed by atoms with van der Waals surface area (Å²) in [6, 6.07) is 0. The Balaban J connectivity index is 2.96. The van der Waals surface area contributed by atoms with E-state index in [1.54, 1.807) is 14.1 Å². The van der Waals surface area contributed by atoms with Crippen LogP contribution in [0.3, 0.4) is 0 Å². The van der Waals surface area contributed by atoms with E-state index in [4.69, 9.17) is 11.7 Å². The van der Waals surface area contributed by atoms with Gasteiger partial charge in [0.25, 0.3) is 0 Å². The number of nitrogens with two attached hydrogens (primary N) is 2. The molecule has 0 radical (unpaired) electrons. The number of nitrogens with zero attached hydrogens (tertiary/aromatic N) is 5. The predicted molar refractivity (Wildman–Crippen MR) is 45.0 cm³/mol. The molecule has 0 aliphatic rings. The first kappa shape index (κ1) is 8.62. The van der Waals surface area contributed by atoms with Gasteiger partial charge in [0.15, 0.2) is 0 Å². The Morgan fingerprint density at radius 3 is 1.83 bits per heavy atom. The molecule has 7 heteroatoms. The summed E-state index contributed by atoms with van der Waals surface area (Å²) in [4.78, 5) is 11.6. The van der Waals surface area contributed by atoms with E-state index in [1.165, 1.54) is 16.3 Å². The van der Waals surface area contributed by atoms with Gasteiger partial charge >= 0.3 is 0 Å². The molecule has 0 saturated heterocycles. The number of hydrazine groups is 2. The Kier molecular flexibility index (Phi) is 2.36. The second kappa shape index (κ2) is 3.28. The average molecular weight is 169 g/mol. The third-order valence-corrected chi connectivity index (χ3v) is 1.18. The number of aromatic nitrogens is 3. The molecular formula is C5H11N7. The van der Waals surface area contributed by atoms with Crippen molar-refractivity contribution in [2.45, 2.75) is 0 Å². The van der Waals surface area contributed by atoms with E-state index in [9.17, 15) is 0 Å². The van der Waals surface area contributed by atoms with Crippen molar-refractivity contribution in [2.75, 3.05) is 24.1 Å². The monoisotopic (exact) mass is 169 g/mol. The zero-order valence-electron chi connectivity index (χ0n) is 6.97. The summed E-state index contributed by atoms with van der Waals surface area (Å²) in [6.45, 7) is 0. The fourth-order valence-corrected chi connectivity index (χ4v) is 0.619. The molecule has 0 fully saturated rings. The topological polar surface area (TPSA) is 97.2 Å². The molecule has 4 N–H and O–H groups in total. The lowest BCUT2D eigenvalue weighted by molar-refractivity contribution is 0.860.